The van der Waals surface area contributed by atoms with Crippen LogP contribution < -0.4 is 5.32 Å². The standard InChI is InChI=1S/C20H15Cl2N3O4/c1-10-7-17(22)25-20(24-10)23-9-15(19(27)28)18(26)14-8-16(29-11(14)2)12-3-5-13(21)6-4-12/h3-9H,1-2H3,(H,27,28)(H,23,24,25)/b15-9-. The first-order valence-corrected chi connectivity index (χ1v) is 9.12. The van der Waals surface area contributed by atoms with Gasteiger partial charge in [0.05, 0.1) is 5.56 Å². The number of furan rings is 1. The van der Waals surface area contributed by atoms with Gasteiger partial charge >= 0.3 is 5.97 Å². The van der Waals surface area contributed by atoms with Gasteiger partial charge in [-0.15, -0.1) is 0 Å². The number of ketones is 1. The van der Waals surface area contributed by atoms with Crippen LogP contribution in [0.5, 0.6) is 0 Å². The van der Waals surface area contributed by atoms with Gasteiger partial charge in [0.25, 0.3) is 0 Å². The number of carboxylic acids is 1. The van der Waals surface area contributed by atoms with Gasteiger partial charge < -0.3 is 14.8 Å². The minimum atomic E-state index is -1.41. The number of hydrogen-bond acceptors (Lipinski definition) is 6. The number of rotatable bonds is 6. The fraction of sp³-hybridized carbons (Fsp3) is 0.100. The number of aryl methyl sites for hydroxylation is 2. The number of Topliss-reactive ketones (excluding diaryl/α,β-unsaturated/α-hetero) is 1. The summed E-state index contributed by atoms with van der Waals surface area (Å²) in [4.78, 5) is 32.5. The van der Waals surface area contributed by atoms with Crippen LogP contribution in [0.3, 0.4) is 0 Å². The number of aromatic nitrogens is 2. The summed E-state index contributed by atoms with van der Waals surface area (Å²) >= 11 is 11.7. The van der Waals surface area contributed by atoms with Crippen LogP contribution in [-0.2, 0) is 4.79 Å². The van der Waals surface area contributed by atoms with Gasteiger partial charge in [0.2, 0.25) is 11.7 Å². The Labute approximate surface area is 176 Å². The lowest BCUT2D eigenvalue weighted by Crippen LogP contribution is -2.15. The molecule has 0 amide bonds. The Morgan fingerprint density at radius 2 is 1.79 bits per heavy atom. The average Bonchev–Trinajstić information content (AvgIpc) is 3.03. The molecule has 0 saturated carbocycles. The molecule has 0 fully saturated rings. The molecule has 0 saturated heterocycles. The molecule has 3 aromatic rings. The summed E-state index contributed by atoms with van der Waals surface area (Å²) in [6, 6.07) is 9.91. The summed E-state index contributed by atoms with van der Waals surface area (Å²) in [5, 5.41) is 12.9. The minimum absolute atomic E-state index is 0.0762. The number of carbonyl (C=O) groups is 2. The van der Waals surface area contributed by atoms with Crippen LogP contribution in [0.15, 0.2) is 52.6 Å². The number of hydrogen-bond donors (Lipinski definition) is 2. The zero-order valence-corrected chi connectivity index (χ0v) is 16.9. The maximum atomic E-state index is 12.8. The molecule has 1 aromatic carbocycles. The second-order valence-electron chi connectivity index (χ2n) is 6.08. The number of carbonyl (C=O) groups excluding carboxylic acids is 1. The molecule has 2 aromatic heterocycles. The van der Waals surface area contributed by atoms with Gasteiger partial charge in [-0.25, -0.2) is 14.8 Å². The molecule has 0 aliphatic heterocycles. The van der Waals surface area contributed by atoms with Crippen molar-refractivity contribution in [1.82, 2.24) is 9.97 Å². The van der Waals surface area contributed by atoms with E-state index in [1.807, 2.05) is 0 Å². The Kier molecular flexibility index (Phi) is 6.00. The predicted molar refractivity (Wildman–Crippen MR) is 109 cm³/mol. The van der Waals surface area contributed by atoms with Gasteiger partial charge in [0, 0.05) is 22.5 Å². The zero-order valence-electron chi connectivity index (χ0n) is 15.4. The maximum absolute atomic E-state index is 12.8. The molecule has 7 nitrogen and oxygen atoms in total. The van der Waals surface area contributed by atoms with E-state index in [0.717, 1.165) is 6.20 Å². The molecule has 0 atom stereocenters. The normalized spacial score (nSPS) is 11.4. The number of halogens is 2. The average molecular weight is 432 g/mol. The summed E-state index contributed by atoms with van der Waals surface area (Å²) in [6.07, 6.45) is 1.03. The topological polar surface area (TPSA) is 105 Å². The van der Waals surface area contributed by atoms with Crippen LogP contribution in [0.25, 0.3) is 11.3 Å². The lowest BCUT2D eigenvalue weighted by Gasteiger charge is -2.04. The van der Waals surface area contributed by atoms with Gasteiger partial charge in [0.15, 0.2) is 0 Å². The fourth-order valence-corrected chi connectivity index (χ4v) is 2.93. The second kappa shape index (κ2) is 8.46. The molecule has 0 aliphatic carbocycles. The highest BCUT2D eigenvalue weighted by Crippen LogP contribution is 2.28. The van der Waals surface area contributed by atoms with Gasteiger partial charge in [0.1, 0.15) is 22.2 Å². The first kappa shape index (κ1) is 20.6. The first-order valence-electron chi connectivity index (χ1n) is 8.37. The molecule has 0 bridgehead atoms. The summed E-state index contributed by atoms with van der Waals surface area (Å²) in [7, 11) is 0. The van der Waals surface area contributed by atoms with Gasteiger partial charge in [-0.1, -0.05) is 23.2 Å². The van der Waals surface area contributed by atoms with Crippen molar-refractivity contribution in [3.63, 3.8) is 0 Å². The maximum Gasteiger partial charge on any atom is 0.341 e. The quantitative estimate of drug-likeness (QED) is 0.187. The Hall–Kier alpha value is -3.16. The third-order valence-corrected chi connectivity index (χ3v) is 4.38. The molecule has 148 valence electrons. The van der Waals surface area contributed by atoms with E-state index in [-0.39, 0.29) is 16.7 Å². The van der Waals surface area contributed by atoms with Crippen LogP contribution in [-0.4, -0.2) is 26.8 Å². The van der Waals surface area contributed by atoms with Crippen molar-refractivity contribution in [2.75, 3.05) is 5.32 Å². The zero-order chi connectivity index (χ0) is 21.1. The Morgan fingerprint density at radius 1 is 1.10 bits per heavy atom. The smallest absolute Gasteiger partial charge is 0.341 e. The molecular formula is C20H15Cl2N3O4. The predicted octanol–water partition coefficient (Wildman–Crippen LogP) is 4.92. The number of nitrogens with one attached hydrogen (secondary N) is 1. The van der Waals surface area contributed by atoms with Crippen LogP contribution in [0.4, 0.5) is 5.95 Å². The number of nitrogens with zero attached hydrogens (tertiary/aromatic N) is 2. The van der Waals surface area contributed by atoms with E-state index in [1.165, 1.54) is 6.07 Å². The molecule has 29 heavy (non-hydrogen) atoms. The summed E-state index contributed by atoms with van der Waals surface area (Å²) in [6.45, 7) is 3.29. The van der Waals surface area contributed by atoms with Gasteiger partial charge in [-0.05, 0) is 50.2 Å². The van der Waals surface area contributed by atoms with E-state index in [9.17, 15) is 14.7 Å². The van der Waals surface area contributed by atoms with Gasteiger partial charge in [-0.3, -0.25) is 4.79 Å². The van der Waals surface area contributed by atoms with E-state index in [2.05, 4.69) is 15.3 Å². The van der Waals surface area contributed by atoms with Crippen LogP contribution in [0, 0.1) is 13.8 Å². The van der Waals surface area contributed by atoms with E-state index >= 15 is 0 Å². The van der Waals surface area contributed by atoms with E-state index in [0.29, 0.717) is 27.8 Å². The van der Waals surface area contributed by atoms with E-state index in [1.54, 1.807) is 44.2 Å². The van der Waals surface area contributed by atoms with E-state index in [4.69, 9.17) is 27.6 Å². The van der Waals surface area contributed by atoms with Crippen molar-refractivity contribution in [3.8, 4) is 11.3 Å². The van der Waals surface area contributed by atoms with Crippen LogP contribution in [0.1, 0.15) is 21.8 Å². The highest BCUT2D eigenvalue weighted by molar-refractivity contribution is 6.30. The molecule has 0 aliphatic rings. The molecule has 3 rings (SSSR count). The minimum Gasteiger partial charge on any atom is -0.477 e. The van der Waals surface area contributed by atoms with Crippen molar-refractivity contribution in [1.29, 1.82) is 0 Å². The second-order valence-corrected chi connectivity index (χ2v) is 6.90. The number of carboxylic acid groups (broad SMARTS) is 1. The highest BCUT2D eigenvalue weighted by Gasteiger charge is 2.24. The number of aliphatic carboxylic acids is 1. The van der Waals surface area contributed by atoms with Crippen molar-refractivity contribution < 1.29 is 19.1 Å². The Morgan fingerprint density at radius 3 is 2.41 bits per heavy atom. The molecule has 2 heterocycles. The molecule has 0 spiro atoms. The van der Waals surface area contributed by atoms with Crippen LogP contribution >= 0.6 is 23.2 Å². The summed E-state index contributed by atoms with van der Waals surface area (Å²) in [5.41, 5.74) is 0.923. The van der Waals surface area contributed by atoms with E-state index < -0.39 is 17.3 Å². The molecule has 0 unspecified atom stereocenters. The highest BCUT2D eigenvalue weighted by atomic mass is 35.5. The summed E-state index contributed by atoms with van der Waals surface area (Å²) in [5.74, 6) is -1.33. The lowest BCUT2D eigenvalue weighted by molar-refractivity contribution is -0.132. The number of benzene rings is 1. The van der Waals surface area contributed by atoms with Crippen molar-refractivity contribution in [2.45, 2.75) is 13.8 Å². The molecule has 9 heteroatoms. The number of anilines is 1. The van der Waals surface area contributed by atoms with Crippen molar-refractivity contribution >= 4 is 40.9 Å². The lowest BCUT2D eigenvalue weighted by atomic mass is 10.0. The SMILES string of the molecule is Cc1cc(Cl)nc(N/C=C(\C(=O)O)C(=O)c2cc(-c3ccc(Cl)cc3)oc2C)n1. The third kappa shape index (κ3) is 4.82. The Balaban J connectivity index is 1.91. The molecular weight excluding hydrogens is 417 g/mol. The van der Waals surface area contributed by atoms with Crippen molar-refractivity contribution in [3.05, 3.63) is 75.4 Å². The largest absolute Gasteiger partial charge is 0.477 e. The fourth-order valence-electron chi connectivity index (χ4n) is 2.56. The first-order chi connectivity index (χ1) is 13.7. The monoisotopic (exact) mass is 431 g/mol. The van der Waals surface area contributed by atoms with Crippen LogP contribution in [0.2, 0.25) is 10.2 Å². The third-order valence-electron chi connectivity index (χ3n) is 3.93. The van der Waals surface area contributed by atoms with Crippen molar-refractivity contribution in [2.24, 2.45) is 0 Å². The molecule has 0 radical (unpaired) electrons. The molecule has 2 N–H and O–H groups in total. The Bertz CT molecular complexity index is 1100. The van der Waals surface area contributed by atoms with Gasteiger partial charge in [-0.2, -0.15) is 0 Å². The summed E-state index contributed by atoms with van der Waals surface area (Å²) < 4.78 is 5.64.